The van der Waals surface area contributed by atoms with Crippen LogP contribution in [0.2, 0.25) is 0 Å². The zero-order valence-corrected chi connectivity index (χ0v) is 8.30. The topological polar surface area (TPSA) is 54.4 Å². The van der Waals surface area contributed by atoms with Gasteiger partial charge in [0.1, 0.15) is 0 Å². The van der Waals surface area contributed by atoms with Gasteiger partial charge in [-0.15, -0.1) is 0 Å². The Labute approximate surface area is 82.3 Å². The van der Waals surface area contributed by atoms with Gasteiger partial charge in [0, 0.05) is 0 Å². The normalized spacial score (nSPS) is 11.6. The third-order valence-corrected chi connectivity index (χ3v) is 2.69. The highest BCUT2D eigenvalue weighted by Gasteiger charge is 2.07. The number of hydrogen-bond acceptors (Lipinski definition) is 2. The summed E-state index contributed by atoms with van der Waals surface area (Å²) in [5.41, 5.74) is 0.857. The van der Waals surface area contributed by atoms with Gasteiger partial charge in [0.05, 0.1) is 11.6 Å². The van der Waals surface area contributed by atoms with Crippen molar-refractivity contribution in [1.82, 2.24) is 0 Å². The second kappa shape index (κ2) is 4.52. The second-order valence-electron chi connectivity index (χ2n) is 2.91. The van der Waals surface area contributed by atoms with E-state index in [2.05, 4.69) is 0 Å². The molecule has 1 N–H and O–H groups in total. The molecule has 0 saturated heterocycles. The monoisotopic (exact) mass is 218 g/mol. The van der Waals surface area contributed by atoms with Crippen LogP contribution in [0.1, 0.15) is 12.0 Å². The Balaban J connectivity index is 2.79. The number of benzene rings is 1. The summed E-state index contributed by atoms with van der Waals surface area (Å²) in [7, 11) is -4.11. The van der Waals surface area contributed by atoms with E-state index in [0.29, 0.717) is 12.8 Å². The van der Waals surface area contributed by atoms with Gasteiger partial charge in [0.2, 0.25) is 0 Å². The average molecular weight is 218 g/mol. The van der Waals surface area contributed by atoms with Crippen molar-refractivity contribution in [3.63, 3.8) is 0 Å². The lowest BCUT2D eigenvalue weighted by Crippen LogP contribution is -1.98. The Morgan fingerprint density at radius 2 is 1.79 bits per heavy atom. The van der Waals surface area contributed by atoms with Crippen LogP contribution in [0.4, 0.5) is 4.39 Å². The van der Waals surface area contributed by atoms with Crippen molar-refractivity contribution >= 4 is 10.1 Å². The fourth-order valence-electron chi connectivity index (χ4n) is 1.10. The molecule has 0 fully saturated rings. The lowest BCUT2D eigenvalue weighted by molar-refractivity contribution is 0.472. The first-order valence-corrected chi connectivity index (χ1v) is 5.60. The minimum Gasteiger partial charge on any atom is -0.282 e. The van der Waals surface area contributed by atoms with Crippen LogP contribution in [0, 0.1) is 0 Å². The number of aryl methyl sites for hydroxylation is 1. The fraction of sp³-hybridized carbons (Fsp3) is 0.333. The molecule has 0 aliphatic rings. The molecule has 0 heterocycles. The van der Waals surface area contributed by atoms with Gasteiger partial charge < -0.3 is 0 Å². The van der Waals surface area contributed by atoms with E-state index in [9.17, 15) is 12.8 Å². The van der Waals surface area contributed by atoms with Crippen LogP contribution >= 0.6 is 0 Å². The summed E-state index contributed by atoms with van der Waals surface area (Å²) in [6.45, 7) is -0.389. The van der Waals surface area contributed by atoms with Gasteiger partial charge in [0.15, 0.2) is 0 Å². The lowest BCUT2D eigenvalue weighted by atomic mass is 10.1. The number of halogens is 1. The Kier molecular flexibility index (Phi) is 3.60. The highest BCUT2D eigenvalue weighted by Crippen LogP contribution is 2.11. The highest BCUT2D eigenvalue weighted by atomic mass is 32.2. The first kappa shape index (κ1) is 11.1. The molecular weight excluding hydrogens is 207 g/mol. The first-order chi connectivity index (χ1) is 6.54. The van der Waals surface area contributed by atoms with Crippen LogP contribution in [0.5, 0.6) is 0 Å². The van der Waals surface area contributed by atoms with E-state index in [1.54, 1.807) is 12.1 Å². The Bertz CT molecular complexity index is 383. The van der Waals surface area contributed by atoms with Gasteiger partial charge >= 0.3 is 0 Å². The zero-order valence-electron chi connectivity index (χ0n) is 7.48. The number of rotatable bonds is 4. The van der Waals surface area contributed by atoms with E-state index >= 15 is 0 Å². The minimum absolute atomic E-state index is 0.138. The number of alkyl halides is 1. The first-order valence-electron chi connectivity index (χ1n) is 4.16. The molecule has 0 saturated carbocycles. The molecule has 1 aromatic rings. The van der Waals surface area contributed by atoms with Crippen LogP contribution in [0.15, 0.2) is 29.2 Å². The van der Waals surface area contributed by atoms with Crippen LogP contribution in [-0.2, 0) is 16.5 Å². The summed E-state index contributed by atoms with van der Waals surface area (Å²) in [4.78, 5) is -0.138. The summed E-state index contributed by atoms with van der Waals surface area (Å²) in [5.74, 6) is 0. The van der Waals surface area contributed by atoms with Crippen molar-refractivity contribution in [3.8, 4) is 0 Å². The maximum absolute atomic E-state index is 11.8. The summed E-state index contributed by atoms with van der Waals surface area (Å²) >= 11 is 0. The standard InChI is InChI=1S/C9H11FO3S/c10-7-1-2-8-3-5-9(6-4-8)14(11,12)13/h3-6H,1-2,7H2,(H,11,12,13). The largest absolute Gasteiger partial charge is 0.294 e. The summed E-state index contributed by atoms with van der Waals surface area (Å²) in [6, 6.07) is 5.75. The van der Waals surface area contributed by atoms with Gasteiger partial charge in [-0.1, -0.05) is 12.1 Å². The van der Waals surface area contributed by atoms with E-state index in [1.165, 1.54) is 12.1 Å². The van der Waals surface area contributed by atoms with E-state index < -0.39 is 10.1 Å². The van der Waals surface area contributed by atoms with Gasteiger partial charge in [0.25, 0.3) is 10.1 Å². The summed E-state index contributed by atoms with van der Waals surface area (Å²) in [5, 5.41) is 0. The van der Waals surface area contributed by atoms with Gasteiger partial charge in [-0.25, -0.2) is 0 Å². The Hall–Kier alpha value is -0.940. The van der Waals surface area contributed by atoms with Gasteiger partial charge in [-0.2, -0.15) is 8.42 Å². The van der Waals surface area contributed by atoms with Gasteiger partial charge in [-0.05, 0) is 30.5 Å². The zero-order chi connectivity index (χ0) is 10.6. The van der Waals surface area contributed by atoms with Crippen LogP contribution < -0.4 is 0 Å². The maximum atomic E-state index is 11.8. The SMILES string of the molecule is O=S(=O)(O)c1ccc(CCCF)cc1. The molecule has 1 aromatic carbocycles. The molecule has 0 bridgehead atoms. The maximum Gasteiger partial charge on any atom is 0.294 e. The van der Waals surface area contributed by atoms with E-state index in [-0.39, 0.29) is 11.6 Å². The molecule has 1 rings (SSSR count). The third-order valence-electron chi connectivity index (χ3n) is 1.82. The molecule has 5 heteroatoms. The highest BCUT2D eigenvalue weighted by molar-refractivity contribution is 7.85. The van der Waals surface area contributed by atoms with E-state index in [1.807, 2.05) is 0 Å². The minimum atomic E-state index is -4.11. The third kappa shape index (κ3) is 3.08. The van der Waals surface area contributed by atoms with Crippen LogP contribution in [0.3, 0.4) is 0 Å². The second-order valence-corrected chi connectivity index (χ2v) is 4.33. The van der Waals surface area contributed by atoms with Crippen molar-refractivity contribution in [2.45, 2.75) is 17.7 Å². The Morgan fingerprint density at radius 1 is 1.21 bits per heavy atom. The molecule has 0 spiro atoms. The average Bonchev–Trinajstić information content (AvgIpc) is 2.14. The predicted molar refractivity (Wildman–Crippen MR) is 50.6 cm³/mol. The van der Waals surface area contributed by atoms with Gasteiger partial charge in [-0.3, -0.25) is 8.94 Å². The van der Waals surface area contributed by atoms with Crippen molar-refractivity contribution in [3.05, 3.63) is 29.8 Å². The van der Waals surface area contributed by atoms with Crippen LogP contribution in [0.25, 0.3) is 0 Å². The molecule has 0 aromatic heterocycles. The number of hydrogen-bond donors (Lipinski definition) is 1. The predicted octanol–water partition coefficient (Wildman–Crippen LogP) is 1.84. The van der Waals surface area contributed by atoms with Crippen molar-refractivity contribution in [2.75, 3.05) is 6.67 Å². The molecule has 0 aliphatic heterocycles. The summed E-state index contributed by atoms with van der Waals surface area (Å²) < 4.78 is 41.8. The molecule has 14 heavy (non-hydrogen) atoms. The molecule has 0 amide bonds. The smallest absolute Gasteiger partial charge is 0.282 e. The Morgan fingerprint density at radius 3 is 2.21 bits per heavy atom. The van der Waals surface area contributed by atoms with E-state index in [4.69, 9.17) is 4.55 Å². The van der Waals surface area contributed by atoms with E-state index in [0.717, 1.165) is 5.56 Å². The molecule has 3 nitrogen and oxygen atoms in total. The van der Waals surface area contributed by atoms with Crippen LogP contribution in [-0.4, -0.2) is 19.6 Å². The molecule has 78 valence electrons. The molecular formula is C9H11FO3S. The molecule has 0 unspecified atom stereocenters. The van der Waals surface area contributed by atoms with Crippen molar-refractivity contribution in [2.24, 2.45) is 0 Å². The lowest BCUT2D eigenvalue weighted by Gasteiger charge is -2.00. The fourth-order valence-corrected chi connectivity index (χ4v) is 1.58. The summed E-state index contributed by atoms with van der Waals surface area (Å²) in [6.07, 6.45) is 0.994. The molecule has 0 aliphatic carbocycles. The molecule has 0 radical (unpaired) electrons. The van der Waals surface area contributed by atoms with Crippen molar-refractivity contribution in [1.29, 1.82) is 0 Å². The molecule has 0 atom stereocenters. The quantitative estimate of drug-likeness (QED) is 0.784. The van der Waals surface area contributed by atoms with Crippen molar-refractivity contribution < 1.29 is 17.4 Å².